The van der Waals surface area contributed by atoms with Gasteiger partial charge in [0.1, 0.15) is 18.8 Å². The Kier molecular flexibility index (Phi) is 17.9. The standard InChI is InChI=1S/C32H53NO4/c1-3-5-7-9-10-11-12-14-19-23-31(34)37-30(22-18-13-8-6-4-2)24-25-35-26-29-27-36-32(33-29)28-20-16-15-17-21-28/h15-17,20-21,29-30H,3-14,18-19,22-27H2,1-2H3. The quantitative estimate of drug-likeness (QED) is 0.108. The van der Waals surface area contributed by atoms with Crippen LogP contribution in [0.5, 0.6) is 0 Å². The van der Waals surface area contributed by atoms with E-state index < -0.39 is 0 Å². The second-order valence-corrected chi connectivity index (χ2v) is 10.5. The van der Waals surface area contributed by atoms with Crippen molar-refractivity contribution in [2.45, 2.75) is 135 Å². The summed E-state index contributed by atoms with van der Waals surface area (Å²) in [6, 6.07) is 10.0. The Labute approximate surface area is 226 Å². The average molecular weight is 516 g/mol. The van der Waals surface area contributed by atoms with Gasteiger partial charge in [0.05, 0.1) is 13.2 Å². The predicted octanol–water partition coefficient (Wildman–Crippen LogP) is 8.43. The van der Waals surface area contributed by atoms with E-state index in [-0.39, 0.29) is 18.1 Å². The van der Waals surface area contributed by atoms with Gasteiger partial charge in [-0.05, 0) is 31.4 Å². The first kappa shape index (κ1) is 31.3. The number of hydrogen-bond acceptors (Lipinski definition) is 5. The average Bonchev–Trinajstić information content (AvgIpc) is 3.39. The molecule has 0 N–H and O–H groups in total. The molecule has 5 heteroatoms. The van der Waals surface area contributed by atoms with Crippen LogP contribution in [0.4, 0.5) is 0 Å². The molecule has 37 heavy (non-hydrogen) atoms. The molecule has 2 unspecified atom stereocenters. The highest BCUT2D eigenvalue weighted by atomic mass is 16.5. The number of carbonyl (C=O) groups is 1. The zero-order chi connectivity index (χ0) is 26.4. The number of ether oxygens (including phenoxy) is 3. The fraction of sp³-hybridized carbons (Fsp3) is 0.750. The van der Waals surface area contributed by atoms with Gasteiger partial charge in [-0.15, -0.1) is 0 Å². The van der Waals surface area contributed by atoms with Gasteiger partial charge in [-0.25, -0.2) is 4.99 Å². The molecular weight excluding hydrogens is 462 g/mol. The molecule has 0 saturated carbocycles. The van der Waals surface area contributed by atoms with Gasteiger partial charge in [-0.3, -0.25) is 4.79 Å². The molecule has 2 atom stereocenters. The molecule has 0 saturated heterocycles. The first-order valence-electron chi connectivity index (χ1n) is 15.3. The summed E-state index contributed by atoms with van der Waals surface area (Å²) in [5, 5.41) is 0. The van der Waals surface area contributed by atoms with Gasteiger partial charge in [0.25, 0.3) is 0 Å². The molecule has 5 nitrogen and oxygen atoms in total. The number of aliphatic imine (C=N–C) groups is 1. The molecule has 0 radical (unpaired) electrons. The minimum atomic E-state index is -0.0455. The highest BCUT2D eigenvalue weighted by Crippen LogP contribution is 2.16. The molecule has 0 aliphatic carbocycles. The van der Waals surface area contributed by atoms with Crippen LogP contribution in [0.15, 0.2) is 35.3 Å². The minimum Gasteiger partial charge on any atom is -0.475 e. The number of unbranched alkanes of at least 4 members (excludes halogenated alkanes) is 12. The van der Waals surface area contributed by atoms with E-state index in [0.29, 0.717) is 32.1 Å². The Morgan fingerprint density at radius 1 is 0.865 bits per heavy atom. The second-order valence-electron chi connectivity index (χ2n) is 10.5. The lowest BCUT2D eigenvalue weighted by Gasteiger charge is -2.18. The van der Waals surface area contributed by atoms with Gasteiger partial charge in [0.2, 0.25) is 5.90 Å². The molecule has 0 amide bonds. The molecule has 1 aliphatic heterocycles. The maximum Gasteiger partial charge on any atom is 0.306 e. The Balaban J connectivity index is 1.63. The van der Waals surface area contributed by atoms with Gasteiger partial charge in [0.15, 0.2) is 0 Å². The fourth-order valence-electron chi connectivity index (χ4n) is 4.74. The Morgan fingerprint density at radius 2 is 1.49 bits per heavy atom. The van der Waals surface area contributed by atoms with Crippen LogP contribution in [0, 0.1) is 0 Å². The fourth-order valence-corrected chi connectivity index (χ4v) is 4.74. The largest absolute Gasteiger partial charge is 0.475 e. The highest BCUT2D eigenvalue weighted by molar-refractivity contribution is 5.95. The normalized spacial score (nSPS) is 15.8. The maximum absolute atomic E-state index is 12.5. The predicted molar refractivity (Wildman–Crippen MR) is 153 cm³/mol. The zero-order valence-corrected chi connectivity index (χ0v) is 23.8. The third-order valence-corrected chi connectivity index (χ3v) is 7.04. The number of esters is 1. The molecule has 1 aliphatic rings. The zero-order valence-electron chi connectivity index (χ0n) is 23.8. The van der Waals surface area contributed by atoms with Gasteiger partial charge in [0, 0.05) is 18.4 Å². The number of benzene rings is 1. The monoisotopic (exact) mass is 515 g/mol. The van der Waals surface area contributed by atoms with Crippen molar-refractivity contribution in [2.24, 2.45) is 4.99 Å². The Hall–Kier alpha value is -1.88. The summed E-state index contributed by atoms with van der Waals surface area (Å²) in [5.74, 6) is 0.660. The van der Waals surface area contributed by atoms with Crippen LogP contribution < -0.4 is 0 Å². The highest BCUT2D eigenvalue weighted by Gasteiger charge is 2.21. The van der Waals surface area contributed by atoms with Crippen LogP contribution in [0.1, 0.15) is 129 Å². The van der Waals surface area contributed by atoms with E-state index in [1.807, 2.05) is 30.3 Å². The molecular formula is C32H53NO4. The number of rotatable bonds is 23. The molecule has 1 aromatic rings. The van der Waals surface area contributed by atoms with Crippen LogP contribution in [0.3, 0.4) is 0 Å². The van der Waals surface area contributed by atoms with Crippen LogP contribution in [0.2, 0.25) is 0 Å². The smallest absolute Gasteiger partial charge is 0.306 e. The Bertz CT molecular complexity index is 721. The molecule has 2 rings (SSSR count). The second kappa shape index (κ2) is 21.1. The summed E-state index contributed by atoms with van der Waals surface area (Å²) in [6.45, 7) is 6.16. The maximum atomic E-state index is 12.5. The topological polar surface area (TPSA) is 57.1 Å². The van der Waals surface area contributed by atoms with E-state index in [0.717, 1.165) is 37.7 Å². The van der Waals surface area contributed by atoms with Gasteiger partial charge >= 0.3 is 5.97 Å². The van der Waals surface area contributed by atoms with E-state index in [2.05, 4.69) is 18.8 Å². The first-order chi connectivity index (χ1) is 18.2. The minimum absolute atomic E-state index is 0.0249. The summed E-state index contributed by atoms with van der Waals surface area (Å²) < 4.78 is 17.6. The third-order valence-electron chi connectivity index (χ3n) is 7.04. The Morgan fingerprint density at radius 3 is 2.16 bits per heavy atom. The van der Waals surface area contributed by atoms with Crippen LogP contribution >= 0.6 is 0 Å². The summed E-state index contributed by atoms with van der Waals surface area (Å²) in [4.78, 5) is 17.2. The number of nitrogens with zero attached hydrogens (tertiary/aromatic N) is 1. The van der Waals surface area contributed by atoms with E-state index in [4.69, 9.17) is 14.2 Å². The van der Waals surface area contributed by atoms with Crippen molar-refractivity contribution in [3.8, 4) is 0 Å². The van der Waals surface area contributed by atoms with E-state index >= 15 is 0 Å². The van der Waals surface area contributed by atoms with Crippen molar-refractivity contribution in [1.29, 1.82) is 0 Å². The van der Waals surface area contributed by atoms with Crippen LogP contribution in [0.25, 0.3) is 0 Å². The lowest BCUT2D eigenvalue weighted by Crippen LogP contribution is -2.22. The van der Waals surface area contributed by atoms with Gasteiger partial charge in [-0.2, -0.15) is 0 Å². The molecule has 0 bridgehead atoms. The van der Waals surface area contributed by atoms with Crippen molar-refractivity contribution in [3.63, 3.8) is 0 Å². The van der Waals surface area contributed by atoms with Crippen molar-refractivity contribution in [1.82, 2.24) is 0 Å². The molecule has 0 fully saturated rings. The molecule has 1 heterocycles. The molecule has 0 spiro atoms. The first-order valence-corrected chi connectivity index (χ1v) is 15.3. The van der Waals surface area contributed by atoms with Crippen molar-refractivity contribution < 1.29 is 19.0 Å². The number of carbonyl (C=O) groups excluding carboxylic acids is 1. The van der Waals surface area contributed by atoms with Crippen LogP contribution in [-0.2, 0) is 19.0 Å². The summed E-state index contributed by atoms with van der Waals surface area (Å²) in [6.07, 6.45) is 19.6. The van der Waals surface area contributed by atoms with Crippen LogP contribution in [-0.4, -0.2) is 43.8 Å². The van der Waals surface area contributed by atoms with E-state index in [9.17, 15) is 4.79 Å². The molecule has 1 aromatic carbocycles. The summed E-state index contributed by atoms with van der Waals surface area (Å²) in [7, 11) is 0. The van der Waals surface area contributed by atoms with E-state index in [1.54, 1.807) is 0 Å². The van der Waals surface area contributed by atoms with Crippen molar-refractivity contribution >= 4 is 11.9 Å². The number of hydrogen-bond donors (Lipinski definition) is 0. The lowest BCUT2D eigenvalue weighted by molar-refractivity contribution is -0.150. The van der Waals surface area contributed by atoms with Gasteiger partial charge in [-0.1, -0.05) is 109 Å². The lowest BCUT2D eigenvalue weighted by atomic mass is 10.1. The third kappa shape index (κ3) is 15.2. The summed E-state index contributed by atoms with van der Waals surface area (Å²) in [5.41, 5.74) is 1.01. The summed E-state index contributed by atoms with van der Waals surface area (Å²) >= 11 is 0. The van der Waals surface area contributed by atoms with Gasteiger partial charge < -0.3 is 14.2 Å². The molecule has 210 valence electrons. The SMILES string of the molecule is CCCCCCCCCCCC(=O)OC(CCCCCCC)CCOCC1COC(c2ccccc2)=N1. The molecule has 0 aromatic heterocycles. The van der Waals surface area contributed by atoms with E-state index in [1.165, 1.54) is 70.6 Å². The van der Waals surface area contributed by atoms with Crippen molar-refractivity contribution in [2.75, 3.05) is 19.8 Å². The van der Waals surface area contributed by atoms with Crippen molar-refractivity contribution in [3.05, 3.63) is 35.9 Å².